The highest BCUT2D eigenvalue weighted by molar-refractivity contribution is 7.86. The minimum absolute atomic E-state index is 0.356. The van der Waals surface area contributed by atoms with Crippen LogP contribution in [0.3, 0.4) is 0 Å². The Balaban J connectivity index is 2.43. The third-order valence-electron chi connectivity index (χ3n) is 1.64. The standard InChI is InChI=1S/C6H11NO4S/c1-12(9,10)11-6-2-3-7(4-6)5-8/h5-6H,2-4H2,1H3/t6-/m1/s1. The summed E-state index contributed by atoms with van der Waals surface area (Å²) >= 11 is 0. The Morgan fingerprint density at radius 3 is 2.67 bits per heavy atom. The smallest absolute Gasteiger partial charge is 0.264 e. The van der Waals surface area contributed by atoms with Crippen LogP contribution in [0.15, 0.2) is 0 Å². The molecular weight excluding hydrogens is 182 g/mol. The molecule has 12 heavy (non-hydrogen) atoms. The second-order valence-electron chi connectivity index (χ2n) is 2.81. The van der Waals surface area contributed by atoms with Gasteiger partial charge in [0.25, 0.3) is 10.1 Å². The Morgan fingerprint density at radius 1 is 1.58 bits per heavy atom. The van der Waals surface area contributed by atoms with Gasteiger partial charge in [0.1, 0.15) is 0 Å². The van der Waals surface area contributed by atoms with Crippen molar-refractivity contribution in [2.45, 2.75) is 12.5 Å². The van der Waals surface area contributed by atoms with Gasteiger partial charge in [-0.15, -0.1) is 0 Å². The number of rotatable bonds is 3. The van der Waals surface area contributed by atoms with Gasteiger partial charge in [-0.05, 0) is 6.42 Å². The quantitative estimate of drug-likeness (QED) is 0.434. The van der Waals surface area contributed by atoms with Crippen molar-refractivity contribution in [1.82, 2.24) is 4.90 Å². The molecule has 1 saturated heterocycles. The van der Waals surface area contributed by atoms with E-state index in [-0.39, 0.29) is 6.10 Å². The summed E-state index contributed by atoms with van der Waals surface area (Å²) in [5, 5.41) is 0. The van der Waals surface area contributed by atoms with Crippen molar-refractivity contribution >= 4 is 16.5 Å². The lowest BCUT2D eigenvalue weighted by atomic mass is 10.3. The number of amides is 1. The first kappa shape index (κ1) is 9.47. The molecule has 5 nitrogen and oxygen atoms in total. The molecule has 0 aliphatic carbocycles. The molecule has 1 atom stereocenters. The molecule has 70 valence electrons. The Hall–Kier alpha value is -0.620. The van der Waals surface area contributed by atoms with Gasteiger partial charge in [-0.1, -0.05) is 0 Å². The third kappa shape index (κ3) is 2.78. The SMILES string of the molecule is CS(=O)(=O)O[C@@H]1CCN(C=O)C1. The molecule has 1 amide bonds. The van der Waals surface area contributed by atoms with Gasteiger partial charge in [0.05, 0.1) is 12.4 Å². The minimum atomic E-state index is -3.38. The van der Waals surface area contributed by atoms with Crippen molar-refractivity contribution in [3.8, 4) is 0 Å². The molecular formula is C6H11NO4S. The van der Waals surface area contributed by atoms with E-state index in [2.05, 4.69) is 0 Å². The molecule has 0 aromatic carbocycles. The number of likely N-dealkylation sites (tertiary alicyclic amines) is 1. The van der Waals surface area contributed by atoms with Crippen LogP contribution in [0.1, 0.15) is 6.42 Å². The number of hydrogen-bond donors (Lipinski definition) is 0. The zero-order chi connectivity index (χ0) is 9.19. The summed E-state index contributed by atoms with van der Waals surface area (Å²) in [5.41, 5.74) is 0. The fourth-order valence-electron chi connectivity index (χ4n) is 1.18. The molecule has 1 rings (SSSR count). The zero-order valence-corrected chi connectivity index (χ0v) is 7.58. The molecule has 6 heteroatoms. The molecule has 1 aliphatic heterocycles. The van der Waals surface area contributed by atoms with Crippen LogP contribution < -0.4 is 0 Å². The van der Waals surface area contributed by atoms with Gasteiger partial charge in [0.2, 0.25) is 6.41 Å². The molecule has 0 aromatic rings. The van der Waals surface area contributed by atoms with E-state index in [4.69, 9.17) is 4.18 Å². The van der Waals surface area contributed by atoms with Crippen LogP contribution in [0.25, 0.3) is 0 Å². The van der Waals surface area contributed by atoms with Gasteiger partial charge < -0.3 is 4.90 Å². The molecule has 0 radical (unpaired) electrons. The Kier molecular flexibility index (Phi) is 2.69. The van der Waals surface area contributed by atoms with Crippen LogP contribution in [-0.2, 0) is 19.1 Å². The zero-order valence-electron chi connectivity index (χ0n) is 6.76. The lowest BCUT2D eigenvalue weighted by Gasteiger charge is -2.09. The topological polar surface area (TPSA) is 63.7 Å². The van der Waals surface area contributed by atoms with Crippen molar-refractivity contribution < 1.29 is 17.4 Å². The Bertz CT molecular complexity index is 261. The second kappa shape index (κ2) is 3.40. The second-order valence-corrected chi connectivity index (χ2v) is 4.41. The molecule has 1 heterocycles. The maximum atomic E-state index is 10.7. The molecule has 1 aliphatic rings. The lowest BCUT2D eigenvalue weighted by Crippen LogP contribution is -2.23. The first-order valence-electron chi connectivity index (χ1n) is 3.59. The van der Waals surface area contributed by atoms with Gasteiger partial charge >= 0.3 is 0 Å². The highest BCUT2D eigenvalue weighted by atomic mass is 32.2. The van der Waals surface area contributed by atoms with E-state index in [1.54, 1.807) is 0 Å². The Morgan fingerprint density at radius 2 is 2.25 bits per heavy atom. The van der Waals surface area contributed by atoms with Crippen molar-refractivity contribution in [3.05, 3.63) is 0 Å². The summed E-state index contributed by atoms with van der Waals surface area (Å²) in [6.07, 6.45) is 1.94. The van der Waals surface area contributed by atoms with Gasteiger partial charge in [-0.2, -0.15) is 8.42 Å². The van der Waals surface area contributed by atoms with E-state index in [9.17, 15) is 13.2 Å². The monoisotopic (exact) mass is 193 g/mol. The van der Waals surface area contributed by atoms with Crippen molar-refractivity contribution in [2.75, 3.05) is 19.3 Å². The predicted octanol–water partition coefficient (Wildman–Crippen LogP) is -0.807. The molecule has 0 saturated carbocycles. The number of carbonyl (C=O) groups excluding carboxylic acids is 1. The number of carbonyl (C=O) groups is 1. The highest BCUT2D eigenvalue weighted by Crippen LogP contribution is 2.12. The van der Waals surface area contributed by atoms with Crippen molar-refractivity contribution in [1.29, 1.82) is 0 Å². The van der Waals surface area contributed by atoms with Crippen LogP contribution in [0.4, 0.5) is 0 Å². The average Bonchev–Trinajstić information content (AvgIpc) is 2.32. The van der Waals surface area contributed by atoms with Crippen LogP contribution in [0.5, 0.6) is 0 Å². The van der Waals surface area contributed by atoms with Gasteiger partial charge in [-0.25, -0.2) is 0 Å². The van der Waals surface area contributed by atoms with Crippen molar-refractivity contribution in [3.63, 3.8) is 0 Å². The summed E-state index contributed by atoms with van der Waals surface area (Å²) < 4.78 is 26.0. The molecule has 1 fully saturated rings. The van der Waals surface area contributed by atoms with Gasteiger partial charge in [-0.3, -0.25) is 8.98 Å². The van der Waals surface area contributed by atoms with E-state index >= 15 is 0 Å². The normalized spacial score (nSPS) is 24.4. The first-order valence-corrected chi connectivity index (χ1v) is 5.40. The number of hydrogen-bond acceptors (Lipinski definition) is 4. The fraction of sp³-hybridized carbons (Fsp3) is 0.833. The summed E-state index contributed by atoms with van der Waals surface area (Å²) in [5.74, 6) is 0. The van der Waals surface area contributed by atoms with Gasteiger partial charge in [0.15, 0.2) is 0 Å². The third-order valence-corrected chi connectivity index (χ3v) is 2.26. The maximum Gasteiger partial charge on any atom is 0.264 e. The van der Waals surface area contributed by atoms with E-state index in [0.29, 0.717) is 25.9 Å². The van der Waals surface area contributed by atoms with E-state index < -0.39 is 10.1 Å². The maximum absolute atomic E-state index is 10.7. The molecule has 0 N–H and O–H groups in total. The van der Waals surface area contributed by atoms with E-state index in [1.165, 1.54) is 4.90 Å². The summed E-state index contributed by atoms with van der Waals surface area (Å²) in [7, 11) is -3.38. The Labute approximate surface area is 71.4 Å². The van der Waals surface area contributed by atoms with Crippen molar-refractivity contribution in [2.24, 2.45) is 0 Å². The largest absolute Gasteiger partial charge is 0.343 e. The lowest BCUT2D eigenvalue weighted by molar-refractivity contribution is -0.117. The highest BCUT2D eigenvalue weighted by Gasteiger charge is 2.24. The molecule has 0 bridgehead atoms. The summed E-state index contributed by atoms with van der Waals surface area (Å²) in [6.45, 7) is 0.945. The van der Waals surface area contributed by atoms with Crippen LogP contribution in [0.2, 0.25) is 0 Å². The first-order chi connectivity index (χ1) is 5.51. The van der Waals surface area contributed by atoms with E-state index in [1.807, 2.05) is 0 Å². The van der Waals surface area contributed by atoms with Gasteiger partial charge in [0, 0.05) is 13.1 Å². The summed E-state index contributed by atoms with van der Waals surface area (Å²) in [4.78, 5) is 11.7. The minimum Gasteiger partial charge on any atom is -0.343 e. The van der Waals surface area contributed by atoms with Crippen LogP contribution in [-0.4, -0.2) is 45.2 Å². The van der Waals surface area contributed by atoms with Crippen LogP contribution in [0, 0.1) is 0 Å². The molecule has 0 unspecified atom stereocenters. The number of nitrogens with zero attached hydrogens (tertiary/aromatic N) is 1. The van der Waals surface area contributed by atoms with E-state index in [0.717, 1.165) is 6.26 Å². The summed E-state index contributed by atoms with van der Waals surface area (Å²) in [6, 6.07) is 0. The molecule has 0 spiro atoms. The fourth-order valence-corrected chi connectivity index (χ4v) is 1.83. The average molecular weight is 193 g/mol. The molecule has 0 aromatic heterocycles. The predicted molar refractivity (Wildman–Crippen MR) is 42.0 cm³/mol. The van der Waals surface area contributed by atoms with Crippen LogP contribution >= 0.6 is 0 Å².